The van der Waals surface area contributed by atoms with E-state index in [0.29, 0.717) is 48.3 Å². The quantitative estimate of drug-likeness (QED) is 0.276. The zero-order chi connectivity index (χ0) is 24.9. The first-order chi connectivity index (χ1) is 17.0. The Morgan fingerprint density at radius 3 is 2.29 bits per heavy atom. The third-order valence-corrected chi connectivity index (χ3v) is 5.67. The van der Waals surface area contributed by atoms with Crippen LogP contribution in [-0.4, -0.2) is 36.7 Å². The smallest absolute Gasteiger partial charge is 0.270 e. The molecule has 8 heteroatoms. The topological polar surface area (TPSA) is 77.1 Å². The van der Waals surface area contributed by atoms with Gasteiger partial charge < -0.3 is 14.2 Å². The van der Waals surface area contributed by atoms with Crippen LogP contribution in [0.25, 0.3) is 16.8 Å². The molecule has 3 aromatic carbocycles. The fraction of sp³-hybridized carbons (Fsp3) is 0.222. The summed E-state index contributed by atoms with van der Waals surface area (Å²) in [4.78, 5) is 27.8. The van der Waals surface area contributed by atoms with E-state index in [-0.39, 0.29) is 10.7 Å². The molecule has 7 nitrogen and oxygen atoms in total. The van der Waals surface area contributed by atoms with Crippen LogP contribution < -0.4 is 24.4 Å². The van der Waals surface area contributed by atoms with Gasteiger partial charge in [-0.15, -0.1) is 0 Å². The molecule has 1 aliphatic rings. The van der Waals surface area contributed by atoms with Crippen LogP contribution in [0.1, 0.15) is 26.3 Å². The minimum atomic E-state index is -0.572. The van der Waals surface area contributed by atoms with E-state index in [4.69, 9.17) is 26.4 Å². The molecule has 0 saturated carbocycles. The van der Waals surface area contributed by atoms with Gasteiger partial charge in [-0.05, 0) is 80.2 Å². The Bertz CT molecular complexity index is 1330. The van der Waals surface area contributed by atoms with Crippen molar-refractivity contribution in [2.45, 2.75) is 20.8 Å². The fourth-order valence-electron chi connectivity index (χ4n) is 3.90. The molecule has 1 aliphatic heterocycles. The number of nitrogens with zero attached hydrogens (tertiary/aromatic N) is 1. The first-order valence-corrected chi connectivity index (χ1v) is 11.8. The van der Waals surface area contributed by atoms with Crippen LogP contribution in [0.15, 0.2) is 60.2 Å². The Morgan fingerprint density at radius 2 is 1.57 bits per heavy atom. The zero-order valence-corrected chi connectivity index (χ0v) is 20.6. The number of anilines is 1. The van der Waals surface area contributed by atoms with Crippen molar-refractivity contribution < 1.29 is 23.8 Å². The predicted molar refractivity (Wildman–Crippen MR) is 140 cm³/mol. The number of carbonyl (C=O) groups is 2. The molecule has 1 heterocycles. The van der Waals surface area contributed by atoms with Crippen molar-refractivity contribution in [1.82, 2.24) is 5.32 Å². The standard InChI is InChI=1S/C27H26N2O5S/c1-4-32-19-9-7-8-18(14-19)29-26(31)23(25(30)28-27(29)35)16-22-21-15-20(33-5-2)12-10-17(21)11-13-24(22)34-6-3/h7-16H,4-6H2,1-3H3,(H,28,30,35)/b23-16+. The van der Waals surface area contributed by atoms with Gasteiger partial charge in [-0.1, -0.05) is 18.2 Å². The lowest BCUT2D eigenvalue weighted by Crippen LogP contribution is -2.54. The van der Waals surface area contributed by atoms with Crippen LogP contribution in [0.4, 0.5) is 5.69 Å². The molecule has 1 fully saturated rings. The van der Waals surface area contributed by atoms with Crippen LogP contribution in [0.2, 0.25) is 0 Å². The van der Waals surface area contributed by atoms with E-state index in [0.717, 1.165) is 10.8 Å². The average Bonchev–Trinajstić information content (AvgIpc) is 2.83. The van der Waals surface area contributed by atoms with Crippen LogP contribution in [0, 0.1) is 0 Å². The molecule has 0 aliphatic carbocycles. The molecule has 3 aromatic rings. The summed E-state index contributed by atoms with van der Waals surface area (Å²) in [6.07, 6.45) is 1.56. The number of rotatable bonds is 8. The highest BCUT2D eigenvalue weighted by Gasteiger charge is 2.35. The van der Waals surface area contributed by atoms with Crippen molar-refractivity contribution in [2.24, 2.45) is 0 Å². The largest absolute Gasteiger partial charge is 0.494 e. The molecule has 1 N–H and O–H groups in total. The molecule has 0 radical (unpaired) electrons. The van der Waals surface area contributed by atoms with Crippen molar-refractivity contribution in [3.8, 4) is 17.2 Å². The number of ether oxygens (including phenoxy) is 3. The number of hydrogen-bond donors (Lipinski definition) is 1. The van der Waals surface area contributed by atoms with Crippen molar-refractivity contribution in [2.75, 3.05) is 24.7 Å². The van der Waals surface area contributed by atoms with Gasteiger partial charge in [0.15, 0.2) is 5.11 Å². The third-order valence-electron chi connectivity index (χ3n) is 5.38. The minimum absolute atomic E-state index is 0.00684. The van der Waals surface area contributed by atoms with Crippen molar-refractivity contribution in [3.63, 3.8) is 0 Å². The molecular formula is C27H26N2O5S. The molecule has 0 unspecified atom stereocenters. The van der Waals surface area contributed by atoms with E-state index in [1.807, 2.05) is 51.1 Å². The normalized spacial score (nSPS) is 14.9. The molecule has 2 amide bonds. The number of amides is 2. The lowest BCUT2D eigenvalue weighted by molar-refractivity contribution is -0.122. The van der Waals surface area contributed by atoms with Crippen LogP contribution in [-0.2, 0) is 9.59 Å². The molecule has 4 rings (SSSR count). The fourth-order valence-corrected chi connectivity index (χ4v) is 4.19. The number of fused-ring (bicyclic) bond motifs is 1. The van der Waals surface area contributed by atoms with E-state index in [2.05, 4.69) is 5.32 Å². The van der Waals surface area contributed by atoms with E-state index < -0.39 is 11.8 Å². The van der Waals surface area contributed by atoms with Crippen LogP contribution >= 0.6 is 12.2 Å². The summed E-state index contributed by atoms with van der Waals surface area (Å²) < 4.78 is 17.1. The van der Waals surface area contributed by atoms with Crippen molar-refractivity contribution in [1.29, 1.82) is 0 Å². The molecule has 0 spiro atoms. The van der Waals surface area contributed by atoms with Gasteiger partial charge in [0.25, 0.3) is 11.8 Å². The van der Waals surface area contributed by atoms with E-state index >= 15 is 0 Å². The molecule has 0 bridgehead atoms. The summed E-state index contributed by atoms with van der Waals surface area (Å²) in [6.45, 7) is 7.08. The van der Waals surface area contributed by atoms with Crippen molar-refractivity contribution in [3.05, 3.63) is 65.7 Å². The Kier molecular flexibility index (Phi) is 7.31. The molecule has 1 saturated heterocycles. The Balaban J connectivity index is 1.85. The summed E-state index contributed by atoms with van der Waals surface area (Å²) in [5.74, 6) is 0.729. The van der Waals surface area contributed by atoms with Gasteiger partial charge in [0.05, 0.1) is 25.5 Å². The van der Waals surface area contributed by atoms with Crippen molar-refractivity contribution >= 4 is 51.7 Å². The van der Waals surface area contributed by atoms with Gasteiger partial charge in [0.1, 0.15) is 22.8 Å². The number of carbonyl (C=O) groups excluding carboxylic acids is 2. The molecule has 180 valence electrons. The lowest BCUT2D eigenvalue weighted by atomic mass is 9.99. The first kappa shape index (κ1) is 24.2. The van der Waals surface area contributed by atoms with Crippen LogP contribution in [0.3, 0.4) is 0 Å². The Labute approximate surface area is 209 Å². The highest BCUT2D eigenvalue weighted by atomic mass is 32.1. The van der Waals surface area contributed by atoms with Gasteiger partial charge in [0, 0.05) is 11.6 Å². The zero-order valence-electron chi connectivity index (χ0n) is 19.8. The summed E-state index contributed by atoms with van der Waals surface area (Å²) in [7, 11) is 0. The highest BCUT2D eigenvalue weighted by molar-refractivity contribution is 7.80. The summed E-state index contributed by atoms with van der Waals surface area (Å²) in [5, 5.41) is 4.36. The van der Waals surface area contributed by atoms with E-state index in [1.165, 1.54) is 4.90 Å². The first-order valence-electron chi connectivity index (χ1n) is 11.4. The third kappa shape index (κ3) is 4.97. The van der Waals surface area contributed by atoms with Crippen LogP contribution in [0.5, 0.6) is 17.2 Å². The summed E-state index contributed by atoms with van der Waals surface area (Å²) in [6, 6.07) is 16.5. The van der Waals surface area contributed by atoms with Gasteiger partial charge in [-0.2, -0.15) is 0 Å². The Hall–Kier alpha value is -3.91. The maximum absolute atomic E-state index is 13.6. The summed E-state index contributed by atoms with van der Waals surface area (Å²) >= 11 is 5.34. The number of hydrogen-bond acceptors (Lipinski definition) is 6. The number of benzene rings is 3. The number of nitrogens with one attached hydrogen (secondary N) is 1. The minimum Gasteiger partial charge on any atom is -0.494 e. The second kappa shape index (κ2) is 10.6. The van der Waals surface area contributed by atoms with Gasteiger partial charge >= 0.3 is 0 Å². The Morgan fingerprint density at radius 1 is 0.886 bits per heavy atom. The predicted octanol–water partition coefficient (Wildman–Crippen LogP) is 4.87. The van der Waals surface area contributed by atoms with E-state index in [1.54, 1.807) is 30.3 Å². The van der Waals surface area contributed by atoms with Gasteiger partial charge in [-0.25, -0.2) is 0 Å². The molecule has 35 heavy (non-hydrogen) atoms. The highest BCUT2D eigenvalue weighted by Crippen LogP contribution is 2.34. The second-order valence-corrected chi connectivity index (χ2v) is 8.00. The van der Waals surface area contributed by atoms with E-state index in [9.17, 15) is 9.59 Å². The van der Waals surface area contributed by atoms with Gasteiger partial charge in [-0.3, -0.25) is 19.8 Å². The maximum atomic E-state index is 13.6. The second-order valence-electron chi connectivity index (χ2n) is 7.61. The molecule has 0 atom stereocenters. The molecular weight excluding hydrogens is 464 g/mol. The van der Waals surface area contributed by atoms with Gasteiger partial charge in [0.2, 0.25) is 0 Å². The monoisotopic (exact) mass is 490 g/mol. The lowest BCUT2D eigenvalue weighted by Gasteiger charge is -2.29. The average molecular weight is 491 g/mol. The maximum Gasteiger partial charge on any atom is 0.270 e. The molecule has 0 aromatic heterocycles. The number of thiocarbonyl (C=S) groups is 1. The SMILES string of the molecule is CCOc1cccc(N2C(=O)/C(=C/c3c(OCC)ccc4ccc(OCC)cc34)C(=O)NC2=S)c1. The summed E-state index contributed by atoms with van der Waals surface area (Å²) in [5.41, 5.74) is 1.05.